The van der Waals surface area contributed by atoms with Crippen molar-refractivity contribution in [2.75, 3.05) is 0 Å². The Morgan fingerprint density at radius 1 is 0.574 bits per heavy atom. The summed E-state index contributed by atoms with van der Waals surface area (Å²) >= 11 is 0. The fraction of sp³-hybridized carbons (Fsp3) is 0. The van der Waals surface area contributed by atoms with Crippen LogP contribution in [-0.4, -0.2) is 54.5 Å². The first kappa shape index (κ1) is 50.5. The normalized spacial score (nSPS) is 8.17. The Morgan fingerprint density at radius 3 is 1.04 bits per heavy atom. The molecule has 0 saturated carbocycles. The number of carbonyl (C=O) groups excluding carboxylic acids is 4. The maximum atomic E-state index is 10.4. The fourth-order valence-corrected chi connectivity index (χ4v) is 2.63. The largest absolute Gasteiger partial charge is 2.00 e. The van der Waals surface area contributed by atoms with Crippen LogP contribution in [0.25, 0.3) is 0 Å². The van der Waals surface area contributed by atoms with Crippen molar-refractivity contribution in [2.45, 2.75) is 0 Å². The minimum atomic E-state index is -1.54. The molecule has 0 fully saturated rings. The van der Waals surface area contributed by atoms with Crippen LogP contribution in [-0.2, 0) is 30.4 Å². The number of hydrogen-bond acceptors (Lipinski definition) is 12. The number of nitro groups is 2. The van der Waals surface area contributed by atoms with Crippen LogP contribution in [0.1, 0.15) is 41.4 Å². The molecular weight excluding hydrogens is 686 g/mol. The number of amides is 2. The van der Waals surface area contributed by atoms with E-state index in [9.17, 15) is 49.6 Å². The molecule has 47 heavy (non-hydrogen) atoms. The number of carbonyl (C=O) groups is 4. The zero-order chi connectivity index (χ0) is 31.7. The Bertz CT molecular complexity index is 1380. The van der Waals surface area contributed by atoms with Crippen LogP contribution < -0.4 is 21.7 Å². The van der Waals surface area contributed by atoms with E-state index in [0.29, 0.717) is 11.1 Å². The number of benzene rings is 2. The van der Waals surface area contributed by atoms with Crippen LogP contribution >= 0.6 is 0 Å². The molecule has 0 unspecified atom stereocenters. The third-order valence-electron chi connectivity index (χ3n) is 4.53. The molecule has 2 aromatic carbocycles. The molecule has 21 heteroatoms. The zero-order valence-corrected chi connectivity index (χ0v) is 27.1. The van der Waals surface area contributed by atoms with Gasteiger partial charge in [0.1, 0.15) is 0 Å². The Hall–Kier alpha value is -6.12. The number of hydrogen-bond donors (Lipinski definition) is 2. The maximum absolute atomic E-state index is 10.4. The maximum Gasteiger partial charge on any atom is 2.00 e. The van der Waals surface area contributed by atoms with E-state index in [4.69, 9.17) is 11.5 Å². The van der Waals surface area contributed by atoms with Crippen molar-refractivity contribution < 1.29 is 80.6 Å². The van der Waals surface area contributed by atoms with Crippen molar-refractivity contribution in [3.8, 4) is 0 Å². The Labute approximate surface area is 277 Å². The fourth-order valence-electron chi connectivity index (χ4n) is 2.63. The number of primary amides is 2. The molecule has 14 N–H and O–H groups in total. The second-order valence-electron chi connectivity index (χ2n) is 7.34. The van der Waals surface area contributed by atoms with Crippen molar-refractivity contribution in [1.82, 2.24) is 9.97 Å². The summed E-state index contributed by atoms with van der Waals surface area (Å²) < 4.78 is 0. The number of carboxylic acid groups (broad SMARTS) is 2. The molecular formula is C26H30N6O14Zn+2. The van der Waals surface area contributed by atoms with Gasteiger partial charge in [-0.3, -0.25) is 39.8 Å². The van der Waals surface area contributed by atoms with Gasteiger partial charge in [0, 0.05) is 36.9 Å². The second-order valence-corrected chi connectivity index (χ2v) is 7.34. The predicted octanol–water partition coefficient (Wildman–Crippen LogP) is -3.22. The molecule has 4 rings (SSSR count). The molecule has 4 aromatic rings. The van der Waals surface area contributed by atoms with E-state index >= 15 is 0 Å². The van der Waals surface area contributed by atoms with E-state index in [1.807, 2.05) is 0 Å². The van der Waals surface area contributed by atoms with E-state index in [1.165, 1.54) is 36.7 Å². The summed E-state index contributed by atoms with van der Waals surface area (Å²) in [6.07, 6.45) is 6.05. The number of pyridine rings is 2. The Balaban J connectivity index is -0.000000162. The molecule has 0 bridgehead atoms. The van der Waals surface area contributed by atoms with Crippen LogP contribution in [0.3, 0.4) is 0 Å². The molecule has 248 valence electrons. The van der Waals surface area contributed by atoms with E-state index in [1.54, 1.807) is 36.7 Å². The topological polar surface area (TPSA) is 407 Å². The average molecular weight is 716 g/mol. The quantitative estimate of drug-likeness (QED) is 0.0861. The molecule has 0 spiro atoms. The Morgan fingerprint density at radius 2 is 0.872 bits per heavy atom. The van der Waals surface area contributed by atoms with Gasteiger partial charge in [0.2, 0.25) is 11.8 Å². The summed E-state index contributed by atoms with van der Waals surface area (Å²) in [4.78, 5) is 67.8. The number of aromatic carboxylic acids is 2. The standard InChI is InChI=1S/2C7H5NO4.2C6H6N2O.4H2O.Zn/c2*9-7(10)5-3-1-2-4-6(5)8(11)12;2*7-6(9)5-2-1-3-8-4-5;;;;;/h2*1-4H,(H,9,10);2*1-4H,(H2,7,9);4*1H2;/q;;;;;;;;+2. The molecule has 2 amide bonds. The molecule has 0 aliphatic heterocycles. The number of nitrogens with zero attached hydrogens (tertiary/aromatic N) is 4. The van der Waals surface area contributed by atoms with Crippen LogP contribution in [0, 0.1) is 20.2 Å². The van der Waals surface area contributed by atoms with Crippen LogP contribution in [0.15, 0.2) is 97.6 Å². The van der Waals surface area contributed by atoms with Crippen molar-refractivity contribution in [2.24, 2.45) is 11.5 Å². The number of para-hydroxylation sites is 2. The number of aromatic nitrogens is 2. The smallest absolute Gasteiger partial charge is 0.545 e. The van der Waals surface area contributed by atoms with Crippen molar-refractivity contribution in [3.63, 3.8) is 0 Å². The Kier molecular flexibility index (Phi) is 28.3. The zero-order valence-electron chi connectivity index (χ0n) is 24.1. The monoisotopic (exact) mass is 714 g/mol. The van der Waals surface area contributed by atoms with Crippen molar-refractivity contribution in [1.29, 1.82) is 0 Å². The molecule has 0 aliphatic rings. The van der Waals surface area contributed by atoms with Gasteiger partial charge in [0.15, 0.2) is 0 Å². The van der Waals surface area contributed by atoms with E-state index in [0.717, 1.165) is 24.3 Å². The van der Waals surface area contributed by atoms with Gasteiger partial charge in [-0.2, -0.15) is 0 Å². The third kappa shape index (κ3) is 18.3. The molecule has 0 radical (unpaired) electrons. The minimum Gasteiger partial charge on any atom is -0.545 e. The van der Waals surface area contributed by atoms with Crippen LogP contribution in [0.5, 0.6) is 0 Å². The summed E-state index contributed by atoms with van der Waals surface area (Å²) in [5.41, 5.74) is 9.06. The van der Waals surface area contributed by atoms with E-state index in [2.05, 4.69) is 9.97 Å². The van der Waals surface area contributed by atoms with Gasteiger partial charge in [-0.1, -0.05) is 24.3 Å². The molecule has 2 aromatic heterocycles. The van der Waals surface area contributed by atoms with Gasteiger partial charge in [-0.25, -0.2) is 0 Å². The number of carboxylic acids is 2. The predicted molar refractivity (Wildman–Crippen MR) is 157 cm³/mol. The van der Waals surface area contributed by atoms with Gasteiger partial charge < -0.3 is 53.2 Å². The molecule has 0 saturated heterocycles. The number of nitro benzene ring substituents is 2. The van der Waals surface area contributed by atoms with Crippen molar-refractivity contribution >= 4 is 35.1 Å². The van der Waals surface area contributed by atoms with Gasteiger partial charge in [-0.05, 0) is 36.4 Å². The summed E-state index contributed by atoms with van der Waals surface area (Å²) in [6.45, 7) is 0. The SMILES string of the molecule is NC(=O)c1cccnc1.NC(=O)c1cccnc1.O.O.O=C([O-])c1ccccc1[N+](=O)[O-].O=C([O-])c1ccccc1[N+](=O)[O-].[OH3+].[OH3+].[Zn+2]. The van der Waals surface area contributed by atoms with Gasteiger partial charge in [0.05, 0.1) is 44.0 Å². The summed E-state index contributed by atoms with van der Waals surface area (Å²) in [7, 11) is 0. The second kappa shape index (κ2) is 26.3. The van der Waals surface area contributed by atoms with Gasteiger partial charge in [-0.15, -0.1) is 0 Å². The average Bonchev–Trinajstić information content (AvgIpc) is 2.99. The first-order valence-corrected chi connectivity index (χ1v) is 11.2. The van der Waals surface area contributed by atoms with Crippen molar-refractivity contribution in [3.05, 3.63) is 140 Å². The summed E-state index contributed by atoms with van der Waals surface area (Å²) in [5.74, 6) is -3.96. The first-order chi connectivity index (χ1) is 19.9. The number of nitrogens with two attached hydrogens (primary N) is 2. The molecule has 0 atom stereocenters. The van der Waals surface area contributed by atoms with Gasteiger partial charge in [0.25, 0.3) is 11.4 Å². The molecule has 0 aliphatic carbocycles. The van der Waals surface area contributed by atoms with E-state index < -0.39 is 56.1 Å². The molecule has 2 heterocycles. The minimum absolute atomic E-state index is 0. The number of rotatable bonds is 6. The first-order valence-electron chi connectivity index (χ1n) is 11.2. The van der Waals surface area contributed by atoms with E-state index in [-0.39, 0.29) is 41.4 Å². The van der Waals surface area contributed by atoms with Crippen LogP contribution in [0.4, 0.5) is 11.4 Å². The summed E-state index contributed by atoms with van der Waals surface area (Å²) in [6, 6.07) is 16.7. The van der Waals surface area contributed by atoms with Gasteiger partial charge >= 0.3 is 19.5 Å². The van der Waals surface area contributed by atoms with Crippen LogP contribution in [0.2, 0.25) is 0 Å². The third-order valence-corrected chi connectivity index (χ3v) is 4.53. The summed E-state index contributed by atoms with van der Waals surface area (Å²) in [5, 5.41) is 41.1. The molecule has 20 nitrogen and oxygen atoms in total.